The van der Waals surface area contributed by atoms with Crippen molar-refractivity contribution < 1.29 is 9.18 Å². The highest BCUT2D eigenvalue weighted by Gasteiger charge is 2.36. The number of hydrogen-bond acceptors (Lipinski definition) is 4. The van der Waals surface area contributed by atoms with E-state index < -0.39 is 11.1 Å². The molecule has 1 aromatic heterocycles. The second-order valence-electron chi connectivity index (χ2n) is 7.52. The number of aromatic nitrogens is 2. The van der Waals surface area contributed by atoms with Crippen LogP contribution < -0.4 is 10.2 Å². The Morgan fingerprint density at radius 2 is 1.78 bits per heavy atom. The fourth-order valence-electron chi connectivity index (χ4n) is 2.64. The minimum absolute atomic E-state index is 0.0741. The number of nitrogens with zero attached hydrogens (tertiary/aromatic N) is 3. The monoisotopic (exact) mass is 322 g/mol. The molecule has 0 aliphatic carbocycles. The van der Waals surface area contributed by atoms with Gasteiger partial charge in [0.2, 0.25) is 11.9 Å². The van der Waals surface area contributed by atoms with Gasteiger partial charge in [0.1, 0.15) is 5.67 Å². The molecule has 0 spiro atoms. The average molecular weight is 322 g/mol. The van der Waals surface area contributed by atoms with Crippen LogP contribution in [0.3, 0.4) is 0 Å². The first-order valence-corrected chi connectivity index (χ1v) is 8.14. The Morgan fingerprint density at radius 3 is 2.26 bits per heavy atom. The molecule has 2 heterocycles. The molecule has 0 bridgehead atoms. The summed E-state index contributed by atoms with van der Waals surface area (Å²) in [4.78, 5) is 22.8. The molecule has 1 amide bonds. The van der Waals surface area contributed by atoms with Crippen LogP contribution in [0.1, 0.15) is 45.0 Å². The molecule has 2 rings (SSSR count). The second kappa shape index (κ2) is 6.42. The van der Waals surface area contributed by atoms with Crippen LogP contribution in [-0.4, -0.2) is 41.2 Å². The van der Waals surface area contributed by atoms with E-state index in [2.05, 4.69) is 15.3 Å². The van der Waals surface area contributed by atoms with Crippen LogP contribution in [0, 0.1) is 19.3 Å². The van der Waals surface area contributed by atoms with Gasteiger partial charge in [-0.3, -0.25) is 4.79 Å². The first kappa shape index (κ1) is 17.6. The van der Waals surface area contributed by atoms with Gasteiger partial charge in [-0.25, -0.2) is 14.4 Å². The highest BCUT2D eigenvalue weighted by atomic mass is 19.1. The highest BCUT2D eigenvalue weighted by Crippen LogP contribution is 2.28. The van der Waals surface area contributed by atoms with E-state index in [1.165, 1.54) is 0 Å². The van der Waals surface area contributed by atoms with Crippen LogP contribution >= 0.6 is 0 Å². The summed E-state index contributed by atoms with van der Waals surface area (Å²) < 4.78 is 14.9. The number of aryl methyl sites for hydroxylation is 2. The Balaban J connectivity index is 1.93. The lowest BCUT2D eigenvalue weighted by Gasteiger charge is -2.37. The highest BCUT2D eigenvalue weighted by molar-refractivity contribution is 5.81. The van der Waals surface area contributed by atoms with Crippen LogP contribution in [-0.2, 0) is 4.79 Å². The molecule has 0 radical (unpaired) electrons. The van der Waals surface area contributed by atoms with Crippen molar-refractivity contribution in [1.82, 2.24) is 15.3 Å². The summed E-state index contributed by atoms with van der Waals surface area (Å²) in [6.45, 7) is 10.5. The van der Waals surface area contributed by atoms with E-state index in [4.69, 9.17) is 0 Å². The molecule has 5 nitrogen and oxygen atoms in total. The number of carbonyl (C=O) groups is 1. The molecule has 0 saturated carbocycles. The number of anilines is 1. The van der Waals surface area contributed by atoms with Crippen molar-refractivity contribution in [2.24, 2.45) is 5.41 Å². The lowest BCUT2D eigenvalue weighted by atomic mass is 9.91. The van der Waals surface area contributed by atoms with Crippen molar-refractivity contribution in [3.8, 4) is 0 Å². The predicted octanol–water partition coefficient (Wildman–Crippen LogP) is 2.56. The van der Waals surface area contributed by atoms with Crippen LogP contribution in [0.5, 0.6) is 0 Å². The molecule has 128 valence electrons. The number of amides is 1. The summed E-state index contributed by atoms with van der Waals surface area (Å²) in [6.07, 6.45) is 0.738. The van der Waals surface area contributed by atoms with Gasteiger partial charge in [-0.1, -0.05) is 20.8 Å². The third-order valence-corrected chi connectivity index (χ3v) is 4.16. The zero-order valence-electron chi connectivity index (χ0n) is 14.7. The van der Waals surface area contributed by atoms with Crippen molar-refractivity contribution in [2.75, 3.05) is 24.5 Å². The van der Waals surface area contributed by atoms with Crippen molar-refractivity contribution in [3.63, 3.8) is 0 Å². The number of nitrogens with one attached hydrogen (secondary N) is 1. The first-order valence-electron chi connectivity index (χ1n) is 8.14. The average Bonchev–Trinajstić information content (AvgIpc) is 2.43. The molecule has 0 aromatic carbocycles. The Kier molecular flexibility index (Phi) is 4.92. The zero-order valence-corrected chi connectivity index (χ0v) is 14.7. The lowest BCUT2D eigenvalue weighted by molar-refractivity contribution is -0.129. The molecule has 1 aromatic rings. The van der Waals surface area contributed by atoms with Crippen LogP contribution in [0.15, 0.2) is 6.07 Å². The molecule has 1 fully saturated rings. The van der Waals surface area contributed by atoms with Gasteiger partial charge in [-0.05, 0) is 19.9 Å². The van der Waals surface area contributed by atoms with Crippen molar-refractivity contribution in [2.45, 2.75) is 53.1 Å². The fraction of sp³-hybridized carbons (Fsp3) is 0.706. The molecule has 1 aliphatic rings. The van der Waals surface area contributed by atoms with E-state index in [0.29, 0.717) is 31.9 Å². The van der Waals surface area contributed by atoms with Crippen molar-refractivity contribution >= 4 is 11.9 Å². The standard InChI is InChI=1S/C17H27FN4O/c1-12-10-13(2)21-15(20-12)22-8-6-17(18,7-9-22)11-19-14(23)16(3,4)5/h10H,6-9,11H2,1-5H3,(H,19,23). The Bertz CT molecular complexity index is 554. The van der Waals surface area contributed by atoms with Crippen LogP contribution in [0.4, 0.5) is 10.3 Å². The summed E-state index contributed by atoms with van der Waals surface area (Å²) in [5, 5.41) is 2.74. The molecular formula is C17H27FN4O. The summed E-state index contributed by atoms with van der Waals surface area (Å²) in [7, 11) is 0. The first-order chi connectivity index (χ1) is 10.6. The van der Waals surface area contributed by atoms with E-state index in [9.17, 15) is 9.18 Å². The van der Waals surface area contributed by atoms with E-state index in [1.54, 1.807) is 0 Å². The Hall–Kier alpha value is -1.72. The normalized spacial score (nSPS) is 17.9. The van der Waals surface area contributed by atoms with E-state index in [-0.39, 0.29) is 12.5 Å². The minimum Gasteiger partial charge on any atom is -0.352 e. The van der Waals surface area contributed by atoms with Gasteiger partial charge in [-0.15, -0.1) is 0 Å². The molecule has 1 saturated heterocycles. The van der Waals surface area contributed by atoms with Crippen molar-refractivity contribution in [1.29, 1.82) is 0 Å². The number of halogens is 1. The SMILES string of the molecule is Cc1cc(C)nc(N2CCC(F)(CNC(=O)C(C)(C)C)CC2)n1. The van der Waals surface area contributed by atoms with Gasteiger partial charge in [0.25, 0.3) is 0 Å². The summed E-state index contributed by atoms with van der Waals surface area (Å²) >= 11 is 0. The van der Waals surface area contributed by atoms with E-state index >= 15 is 0 Å². The third kappa shape index (κ3) is 4.62. The number of rotatable bonds is 3. The zero-order chi connectivity index (χ0) is 17.3. The number of carbonyl (C=O) groups excluding carboxylic acids is 1. The van der Waals surface area contributed by atoms with Gasteiger partial charge in [0.05, 0.1) is 6.54 Å². The van der Waals surface area contributed by atoms with E-state index in [0.717, 1.165) is 11.4 Å². The lowest BCUT2D eigenvalue weighted by Crippen LogP contribution is -2.50. The topological polar surface area (TPSA) is 58.1 Å². The van der Waals surface area contributed by atoms with Gasteiger partial charge in [0, 0.05) is 42.7 Å². The summed E-state index contributed by atoms with van der Waals surface area (Å²) in [5.41, 5.74) is -0.00987. The largest absolute Gasteiger partial charge is 0.352 e. The number of hydrogen-bond donors (Lipinski definition) is 1. The van der Waals surface area contributed by atoms with Gasteiger partial charge in [-0.2, -0.15) is 0 Å². The molecular weight excluding hydrogens is 295 g/mol. The predicted molar refractivity (Wildman–Crippen MR) is 89.3 cm³/mol. The maximum absolute atomic E-state index is 14.9. The van der Waals surface area contributed by atoms with Gasteiger partial charge >= 0.3 is 0 Å². The smallest absolute Gasteiger partial charge is 0.225 e. The Labute approximate surface area is 137 Å². The molecule has 1 aliphatic heterocycles. The van der Waals surface area contributed by atoms with Crippen LogP contribution in [0.2, 0.25) is 0 Å². The Morgan fingerprint density at radius 1 is 1.26 bits per heavy atom. The quantitative estimate of drug-likeness (QED) is 0.929. The van der Waals surface area contributed by atoms with Crippen molar-refractivity contribution in [3.05, 3.63) is 17.5 Å². The van der Waals surface area contributed by atoms with E-state index in [1.807, 2.05) is 45.6 Å². The van der Waals surface area contributed by atoms with Crippen LogP contribution in [0.25, 0.3) is 0 Å². The molecule has 23 heavy (non-hydrogen) atoms. The van der Waals surface area contributed by atoms with Gasteiger partial charge in [0.15, 0.2) is 0 Å². The summed E-state index contributed by atoms with van der Waals surface area (Å²) in [6, 6.07) is 1.93. The molecule has 1 N–H and O–H groups in total. The number of piperidine rings is 1. The number of alkyl halides is 1. The molecule has 6 heteroatoms. The maximum atomic E-state index is 14.9. The third-order valence-electron chi connectivity index (χ3n) is 4.16. The molecule has 0 unspecified atom stereocenters. The summed E-state index contributed by atoms with van der Waals surface area (Å²) in [5.74, 6) is 0.554. The minimum atomic E-state index is -1.35. The van der Waals surface area contributed by atoms with Gasteiger partial charge < -0.3 is 10.2 Å². The fourth-order valence-corrected chi connectivity index (χ4v) is 2.64. The maximum Gasteiger partial charge on any atom is 0.225 e. The second-order valence-corrected chi connectivity index (χ2v) is 7.52. The molecule has 0 atom stereocenters.